The maximum atomic E-state index is 13.1. The number of ether oxygens (including phenoxy) is 2. The van der Waals surface area contributed by atoms with Crippen LogP contribution in [0.25, 0.3) is 21.8 Å². The van der Waals surface area contributed by atoms with Gasteiger partial charge < -0.3 is 19.7 Å². The highest BCUT2D eigenvalue weighted by Gasteiger charge is 2.26. The van der Waals surface area contributed by atoms with Crippen molar-refractivity contribution in [2.24, 2.45) is 0 Å². The van der Waals surface area contributed by atoms with Gasteiger partial charge in [0.05, 0.1) is 23.2 Å². The van der Waals surface area contributed by atoms with Crippen LogP contribution in [0.5, 0.6) is 17.4 Å². The number of nitrogens with one attached hydrogen (secondary N) is 1. The molecule has 2 aromatic carbocycles. The number of rotatable bonds is 8. The Morgan fingerprint density at radius 1 is 1.11 bits per heavy atom. The molecule has 0 unspecified atom stereocenters. The molecule has 0 bridgehead atoms. The third-order valence-corrected chi connectivity index (χ3v) is 7.00. The van der Waals surface area contributed by atoms with Gasteiger partial charge in [0.25, 0.3) is 0 Å². The predicted molar refractivity (Wildman–Crippen MR) is 141 cm³/mol. The Balaban J connectivity index is 1.28. The second kappa shape index (κ2) is 10.1. The number of carbonyl (C=O) groups excluding carboxylic acids is 1. The highest BCUT2D eigenvalue weighted by atomic mass is 16.5. The number of para-hydroxylation sites is 1. The molecule has 1 saturated heterocycles. The summed E-state index contributed by atoms with van der Waals surface area (Å²) < 4.78 is 13.9. The lowest BCUT2D eigenvalue weighted by molar-refractivity contribution is 0.240. The second-order valence-corrected chi connectivity index (χ2v) is 9.74. The number of carbonyl (C=O) groups is 1. The summed E-state index contributed by atoms with van der Waals surface area (Å²) in [6, 6.07) is 17.1. The van der Waals surface area contributed by atoms with Crippen LogP contribution < -0.4 is 14.8 Å². The van der Waals surface area contributed by atoms with Crippen molar-refractivity contribution in [3.8, 4) is 23.4 Å². The number of aromatic nitrogens is 2. The maximum Gasteiger partial charge on any atom is 0.329 e. The summed E-state index contributed by atoms with van der Waals surface area (Å²) in [6.45, 7) is 3.87. The van der Waals surface area contributed by atoms with E-state index in [-0.39, 0.29) is 12.1 Å². The first-order valence-corrected chi connectivity index (χ1v) is 13.0. The minimum Gasteiger partial charge on any atom is -0.492 e. The molecule has 8 nitrogen and oxygen atoms in total. The van der Waals surface area contributed by atoms with Gasteiger partial charge in [0, 0.05) is 41.7 Å². The summed E-state index contributed by atoms with van der Waals surface area (Å²) in [5.74, 6) is 1.46. The lowest BCUT2D eigenvalue weighted by Crippen LogP contribution is -2.30. The first-order valence-electron chi connectivity index (χ1n) is 13.0. The van der Waals surface area contributed by atoms with E-state index >= 15 is 0 Å². The van der Waals surface area contributed by atoms with Crippen molar-refractivity contribution in [3.63, 3.8) is 0 Å². The SMILES string of the molecule is N#Cc1cc2c(Oc3cc4ccccc4n3C(=O)NC3CC3)ccnc2cc1OCCCN1CCCC1. The first kappa shape index (κ1) is 23.3. The molecule has 2 aromatic heterocycles. The van der Waals surface area contributed by atoms with Gasteiger partial charge in [-0.15, -0.1) is 0 Å². The lowest BCUT2D eigenvalue weighted by atomic mass is 10.1. The third kappa shape index (κ3) is 4.95. The summed E-state index contributed by atoms with van der Waals surface area (Å²) in [4.78, 5) is 20.0. The van der Waals surface area contributed by atoms with E-state index in [1.807, 2.05) is 30.3 Å². The first-order chi connectivity index (χ1) is 18.2. The normalized spacial score (nSPS) is 15.6. The van der Waals surface area contributed by atoms with E-state index in [9.17, 15) is 10.1 Å². The van der Waals surface area contributed by atoms with Crippen LogP contribution in [0.2, 0.25) is 0 Å². The van der Waals surface area contributed by atoms with Gasteiger partial charge in [-0.3, -0.25) is 4.98 Å². The van der Waals surface area contributed by atoms with Crippen molar-refractivity contribution in [1.82, 2.24) is 19.8 Å². The zero-order chi connectivity index (χ0) is 25.2. The Morgan fingerprint density at radius 2 is 1.95 bits per heavy atom. The average Bonchev–Trinajstić information content (AvgIpc) is 3.42. The number of pyridine rings is 1. The maximum absolute atomic E-state index is 13.1. The fourth-order valence-electron chi connectivity index (χ4n) is 4.91. The summed E-state index contributed by atoms with van der Waals surface area (Å²) in [5, 5.41) is 14.5. The summed E-state index contributed by atoms with van der Waals surface area (Å²) >= 11 is 0. The number of nitrogens with zero attached hydrogens (tertiary/aromatic N) is 4. The third-order valence-electron chi connectivity index (χ3n) is 7.00. The van der Waals surface area contributed by atoms with Crippen LogP contribution in [0.3, 0.4) is 0 Å². The van der Waals surface area contributed by atoms with Gasteiger partial charge in [-0.05, 0) is 63.4 Å². The zero-order valence-corrected chi connectivity index (χ0v) is 20.7. The number of nitriles is 1. The summed E-state index contributed by atoms with van der Waals surface area (Å²) in [7, 11) is 0. The number of likely N-dealkylation sites (tertiary alicyclic amines) is 1. The van der Waals surface area contributed by atoms with E-state index in [0.29, 0.717) is 40.5 Å². The van der Waals surface area contributed by atoms with E-state index in [1.54, 1.807) is 29.0 Å². The van der Waals surface area contributed by atoms with E-state index in [0.717, 1.165) is 49.8 Å². The molecule has 1 N–H and O–H groups in total. The van der Waals surface area contributed by atoms with Crippen LogP contribution >= 0.6 is 0 Å². The molecular formula is C29H29N5O3. The monoisotopic (exact) mass is 495 g/mol. The molecule has 188 valence electrons. The largest absolute Gasteiger partial charge is 0.492 e. The topological polar surface area (TPSA) is 92.4 Å². The molecule has 1 aliphatic carbocycles. The molecule has 2 aliphatic rings. The van der Waals surface area contributed by atoms with Gasteiger partial charge in [0.1, 0.15) is 17.6 Å². The van der Waals surface area contributed by atoms with Crippen LogP contribution in [0.15, 0.2) is 54.7 Å². The fraction of sp³-hybridized carbons (Fsp3) is 0.345. The van der Waals surface area contributed by atoms with E-state index < -0.39 is 0 Å². The summed E-state index contributed by atoms with van der Waals surface area (Å²) in [6.07, 6.45) is 7.11. The molecule has 1 aliphatic heterocycles. The number of hydrogen-bond donors (Lipinski definition) is 1. The van der Waals surface area contributed by atoms with Crippen LogP contribution in [0, 0.1) is 11.3 Å². The van der Waals surface area contributed by atoms with Crippen LogP contribution in [0.4, 0.5) is 4.79 Å². The minimum absolute atomic E-state index is 0.209. The average molecular weight is 496 g/mol. The zero-order valence-electron chi connectivity index (χ0n) is 20.7. The Morgan fingerprint density at radius 3 is 2.76 bits per heavy atom. The van der Waals surface area contributed by atoms with Crippen LogP contribution in [-0.2, 0) is 0 Å². The Hall–Kier alpha value is -4.09. The Kier molecular flexibility index (Phi) is 6.37. The van der Waals surface area contributed by atoms with Crippen molar-refractivity contribution in [3.05, 3.63) is 60.3 Å². The van der Waals surface area contributed by atoms with Gasteiger partial charge in [0.15, 0.2) is 0 Å². The van der Waals surface area contributed by atoms with Crippen molar-refractivity contribution in [2.45, 2.75) is 38.1 Å². The molecule has 1 saturated carbocycles. The molecule has 8 heteroatoms. The second-order valence-electron chi connectivity index (χ2n) is 9.74. The van der Waals surface area contributed by atoms with Crippen molar-refractivity contribution in [2.75, 3.05) is 26.2 Å². The molecule has 0 radical (unpaired) electrons. The number of hydrogen-bond acceptors (Lipinski definition) is 6. The highest BCUT2D eigenvalue weighted by molar-refractivity contribution is 5.95. The van der Waals surface area contributed by atoms with Crippen LogP contribution in [-0.4, -0.2) is 52.8 Å². The highest BCUT2D eigenvalue weighted by Crippen LogP contribution is 2.35. The molecule has 6 rings (SSSR count). The molecular weight excluding hydrogens is 466 g/mol. The quantitative estimate of drug-likeness (QED) is 0.327. The molecule has 4 aromatic rings. The molecule has 0 atom stereocenters. The lowest BCUT2D eigenvalue weighted by Gasteiger charge is -2.15. The molecule has 1 amide bonds. The van der Waals surface area contributed by atoms with Gasteiger partial charge in [-0.2, -0.15) is 5.26 Å². The number of fused-ring (bicyclic) bond motifs is 2. The summed E-state index contributed by atoms with van der Waals surface area (Å²) in [5.41, 5.74) is 1.87. The number of amides is 1. The fourth-order valence-corrected chi connectivity index (χ4v) is 4.91. The van der Waals surface area contributed by atoms with Gasteiger partial charge in [-0.25, -0.2) is 9.36 Å². The van der Waals surface area contributed by atoms with E-state index in [1.165, 1.54) is 12.8 Å². The number of benzene rings is 2. The van der Waals surface area contributed by atoms with Crippen molar-refractivity contribution >= 4 is 27.8 Å². The van der Waals surface area contributed by atoms with E-state index in [2.05, 4.69) is 21.3 Å². The molecule has 2 fully saturated rings. The molecule has 3 heterocycles. The Bertz CT molecular complexity index is 1490. The molecule has 0 spiro atoms. The molecule has 37 heavy (non-hydrogen) atoms. The van der Waals surface area contributed by atoms with Gasteiger partial charge in [0.2, 0.25) is 5.88 Å². The van der Waals surface area contributed by atoms with E-state index in [4.69, 9.17) is 9.47 Å². The Labute approximate surface area is 215 Å². The van der Waals surface area contributed by atoms with Crippen molar-refractivity contribution < 1.29 is 14.3 Å². The predicted octanol–water partition coefficient (Wildman–Crippen LogP) is 5.44. The smallest absolute Gasteiger partial charge is 0.329 e. The van der Waals surface area contributed by atoms with Gasteiger partial charge in [-0.1, -0.05) is 18.2 Å². The van der Waals surface area contributed by atoms with Crippen LogP contribution in [0.1, 0.15) is 37.7 Å². The minimum atomic E-state index is -0.209. The van der Waals surface area contributed by atoms with Gasteiger partial charge >= 0.3 is 6.03 Å². The van der Waals surface area contributed by atoms with Crippen molar-refractivity contribution in [1.29, 1.82) is 5.26 Å². The standard InChI is InChI=1S/C29H29N5O3/c30-19-21-16-23-24(18-27(21)36-15-5-14-33-12-3-4-13-33)31-11-10-26(23)37-28-17-20-6-1-2-7-25(20)34(28)29(35)32-22-8-9-22/h1-2,6-7,10-11,16-18,22H,3-5,8-9,12-15H2,(H,32,35).